The predicted molar refractivity (Wildman–Crippen MR) is 90.1 cm³/mol. The average molecular weight is 308 g/mol. The first-order chi connectivity index (χ1) is 10.8. The lowest BCUT2D eigenvalue weighted by Crippen LogP contribution is -2.12. The number of nitrogens with zero attached hydrogens (tertiary/aromatic N) is 2. The number of ether oxygens (including phenoxy) is 1. The lowest BCUT2D eigenvalue weighted by molar-refractivity contribution is 0.145. The first kappa shape index (κ1) is 18.7. The maximum atomic E-state index is 11.5. The number of unbranched alkanes of at least 4 members (excludes halogenated alkanes) is 11. The zero-order valence-electron chi connectivity index (χ0n) is 14.1. The summed E-state index contributed by atoms with van der Waals surface area (Å²) in [6, 6.07) is 0. The van der Waals surface area contributed by atoms with Crippen molar-refractivity contribution in [2.24, 2.45) is 0 Å². The van der Waals surface area contributed by atoms with Gasteiger partial charge in [0.25, 0.3) is 0 Å². The molecule has 4 heteroatoms. The Kier molecular flexibility index (Phi) is 11.4. The molecule has 0 N–H and O–H groups in total. The number of hydrogen-bond donors (Lipinski definition) is 0. The van der Waals surface area contributed by atoms with Gasteiger partial charge in [0.05, 0.1) is 6.61 Å². The van der Waals surface area contributed by atoms with Gasteiger partial charge in [-0.05, 0) is 6.42 Å². The van der Waals surface area contributed by atoms with Crippen molar-refractivity contribution in [3.8, 4) is 0 Å². The fourth-order valence-electron chi connectivity index (χ4n) is 2.54. The molecule has 0 spiro atoms. The molecule has 0 amide bonds. The van der Waals surface area contributed by atoms with E-state index in [1.54, 1.807) is 12.4 Å². The molecular weight excluding hydrogens is 276 g/mol. The van der Waals surface area contributed by atoms with E-state index in [0.717, 1.165) is 12.8 Å². The quantitative estimate of drug-likeness (QED) is 0.447. The monoisotopic (exact) mass is 308 g/mol. The second-order valence-electron chi connectivity index (χ2n) is 5.97. The van der Waals surface area contributed by atoms with Crippen LogP contribution < -0.4 is 0 Å². The molecule has 0 aromatic carbocycles. The molecule has 0 unspecified atom stereocenters. The summed E-state index contributed by atoms with van der Waals surface area (Å²) < 4.78 is 6.52. The van der Waals surface area contributed by atoms with Crippen LogP contribution in [0.5, 0.6) is 0 Å². The van der Waals surface area contributed by atoms with Gasteiger partial charge in [0.15, 0.2) is 0 Å². The van der Waals surface area contributed by atoms with Gasteiger partial charge in [-0.2, -0.15) is 0 Å². The molecule has 0 atom stereocenters. The van der Waals surface area contributed by atoms with E-state index in [4.69, 9.17) is 4.74 Å². The summed E-state index contributed by atoms with van der Waals surface area (Å²) in [6.45, 7) is 2.77. The number of carbonyl (C=O) groups excluding carboxylic acids is 1. The molecule has 1 aromatic rings. The highest BCUT2D eigenvalue weighted by Gasteiger charge is 2.03. The molecule has 0 saturated carbocycles. The van der Waals surface area contributed by atoms with Crippen molar-refractivity contribution in [3.63, 3.8) is 0 Å². The summed E-state index contributed by atoms with van der Waals surface area (Å²) in [7, 11) is 0. The maximum absolute atomic E-state index is 11.5. The minimum absolute atomic E-state index is 0.333. The molecule has 0 saturated heterocycles. The average Bonchev–Trinajstić information content (AvgIpc) is 3.06. The summed E-state index contributed by atoms with van der Waals surface area (Å²) in [5.74, 6) is 0. The second kappa shape index (κ2) is 13.4. The van der Waals surface area contributed by atoms with Crippen LogP contribution in [0.2, 0.25) is 0 Å². The number of imidazole rings is 1. The normalized spacial score (nSPS) is 10.8. The molecule has 1 heterocycles. The molecule has 0 bridgehead atoms. The van der Waals surface area contributed by atoms with Gasteiger partial charge in [0.1, 0.15) is 6.33 Å². The van der Waals surface area contributed by atoms with Gasteiger partial charge in [0.2, 0.25) is 0 Å². The Balaban J connectivity index is 1.77. The van der Waals surface area contributed by atoms with Crippen molar-refractivity contribution in [1.82, 2.24) is 9.55 Å². The van der Waals surface area contributed by atoms with E-state index in [2.05, 4.69) is 11.9 Å². The largest absolute Gasteiger partial charge is 0.449 e. The number of hydrogen-bond acceptors (Lipinski definition) is 3. The Morgan fingerprint density at radius 1 is 0.909 bits per heavy atom. The zero-order valence-corrected chi connectivity index (χ0v) is 14.1. The Labute approximate surface area is 135 Å². The minimum atomic E-state index is -0.333. The molecule has 0 aliphatic carbocycles. The third-order valence-corrected chi connectivity index (χ3v) is 3.94. The van der Waals surface area contributed by atoms with Gasteiger partial charge in [-0.3, -0.25) is 0 Å². The van der Waals surface area contributed by atoms with E-state index >= 15 is 0 Å². The van der Waals surface area contributed by atoms with Crippen LogP contribution in [0.3, 0.4) is 0 Å². The number of aromatic nitrogens is 2. The Bertz CT molecular complexity index is 363. The van der Waals surface area contributed by atoms with Crippen molar-refractivity contribution in [3.05, 3.63) is 18.7 Å². The summed E-state index contributed by atoms with van der Waals surface area (Å²) >= 11 is 0. The van der Waals surface area contributed by atoms with Gasteiger partial charge in [-0.1, -0.05) is 77.6 Å². The first-order valence-electron chi connectivity index (χ1n) is 8.99. The zero-order chi connectivity index (χ0) is 15.9. The smallest absolute Gasteiger partial charge is 0.419 e. The molecule has 0 aliphatic rings. The van der Waals surface area contributed by atoms with E-state index in [0.29, 0.717) is 6.61 Å². The van der Waals surface area contributed by atoms with E-state index in [-0.39, 0.29) is 6.09 Å². The van der Waals surface area contributed by atoms with E-state index in [9.17, 15) is 4.79 Å². The van der Waals surface area contributed by atoms with Crippen LogP contribution >= 0.6 is 0 Å². The van der Waals surface area contributed by atoms with Gasteiger partial charge in [-0.25, -0.2) is 14.3 Å². The van der Waals surface area contributed by atoms with E-state index in [1.165, 1.54) is 75.1 Å². The van der Waals surface area contributed by atoms with Crippen molar-refractivity contribution >= 4 is 6.09 Å². The Hall–Kier alpha value is -1.32. The minimum Gasteiger partial charge on any atom is -0.449 e. The van der Waals surface area contributed by atoms with Gasteiger partial charge in [-0.15, -0.1) is 0 Å². The topological polar surface area (TPSA) is 44.1 Å². The van der Waals surface area contributed by atoms with Gasteiger partial charge in [0, 0.05) is 12.4 Å². The highest BCUT2D eigenvalue weighted by Crippen LogP contribution is 2.11. The van der Waals surface area contributed by atoms with Gasteiger partial charge >= 0.3 is 6.09 Å². The van der Waals surface area contributed by atoms with Crippen molar-refractivity contribution in [1.29, 1.82) is 0 Å². The van der Waals surface area contributed by atoms with Crippen molar-refractivity contribution in [2.75, 3.05) is 6.61 Å². The van der Waals surface area contributed by atoms with Crippen molar-refractivity contribution < 1.29 is 9.53 Å². The molecule has 0 aliphatic heterocycles. The molecule has 1 aromatic heterocycles. The van der Waals surface area contributed by atoms with Crippen LogP contribution in [0.15, 0.2) is 18.7 Å². The highest BCUT2D eigenvalue weighted by molar-refractivity contribution is 5.69. The predicted octanol–water partition coefficient (Wildman–Crippen LogP) is 5.57. The van der Waals surface area contributed by atoms with Gasteiger partial charge < -0.3 is 4.74 Å². The van der Waals surface area contributed by atoms with Crippen molar-refractivity contribution in [2.45, 2.75) is 84.0 Å². The second-order valence-corrected chi connectivity index (χ2v) is 5.97. The molecule has 22 heavy (non-hydrogen) atoms. The molecule has 4 nitrogen and oxygen atoms in total. The summed E-state index contributed by atoms with van der Waals surface area (Å²) in [5, 5.41) is 0. The lowest BCUT2D eigenvalue weighted by atomic mass is 10.1. The highest BCUT2D eigenvalue weighted by atomic mass is 16.5. The van der Waals surface area contributed by atoms with Crippen LogP contribution in [-0.4, -0.2) is 22.3 Å². The third-order valence-electron chi connectivity index (χ3n) is 3.94. The maximum Gasteiger partial charge on any atom is 0.419 e. The SMILES string of the molecule is CCCCCCCCCCCCCCOC(=O)n1ccnc1. The molecule has 0 fully saturated rings. The summed E-state index contributed by atoms with van der Waals surface area (Å²) in [5.41, 5.74) is 0. The standard InChI is InChI=1S/C18H32N2O2/c1-2-3-4-5-6-7-8-9-10-11-12-13-16-22-18(21)20-15-14-19-17-20/h14-15,17H,2-13,16H2,1H3. The Morgan fingerprint density at radius 2 is 1.45 bits per heavy atom. The number of rotatable bonds is 13. The van der Waals surface area contributed by atoms with Crippen LogP contribution in [-0.2, 0) is 4.74 Å². The third kappa shape index (κ3) is 9.59. The Morgan fingerprint density at radius 3 is 1.95 bits per heavy atom. The summed E-state index contributed by atoms with van der Waals surface area (Å²) in [4.78, 5) is 15.3. The van der Waals surface area contributed by atoms with Crippen LogP contribution in [0, 0.1) is 0 Å². The van der Waals surface area contributed by atoms with E-state index < -0.39 is 0 Å². The molecule has 1 rings (SSSR count). The molecule has 0 radical (unpaired) electrons. The van der Waals surface area contributed by atoms with E-state index in [1.807, 2.05) is 0 Å². The molecular formula is C18H32N2O2. The number of carbonyl (C=O) groups is 1. The lowest BCUT2D eigenvalue weighted by Gasteiger charge is -2.05. The fraction of sp³-hybridized carbons (Fsp3) is 0.778. The first-order valence-corrected chi connectivity index (χ1v) is 8.99. The van der Waals surface area contributed by atoms with Crippen LogP contribution in [0.25, 0.3) is 0 Å². The summed E-state index contributed by atoms with van der Waals surface area (Å²) in [6.07, 6.45) is 20.0. The van der Waals surface area contributed by atoms with Crippen LogP contribution in [0.1, 0.15) is 84.0 Å². The fourth-order valence-corrected chi connectivity index (χ4v) is 2.54. The van der Waals surface area contributed by atoms with Crippen LogP contribution in [0.4, 0.5) is 4.79 Å². The molecule has 126 valence electrons.